The number of nitro groups is 1. The highest BCUT2D eigenvalue weighted by atomic mass is 16.6. The van der Waals surface area contributed by atoms with Crippen molar-refractivity contribution in [3.05, 3.63) is 33.9 Å². The van der Waals surface area contributed by atoms with Crippen molar-refractivity contribution >= 4 is 17.7 Å². The van der Waals surface area contributed by atoms with E-state index in [1.54, 1.807) is 0 Å². The van der Waals surface area contributed by atoms with E-state index in [4.69, 9.17) is 14.6 Å². The molecule has 1 N–H and O–H groups in total. The molecule has 0 bridgehead atoms. The molecular formula is C11H11NO6. The third-order valence-electron chi connectivity index (χ3n) is 2.14. The van der Waals surface area contributed by atoms with Gasteiger partial charge in [0.1, 0.15) is 0 Å². The van der Waals surface area contributed by atoms with Gasteiger partial charge in [0.25, 0.3) is 5.69 Å². The zero-order chi connectivity index (χ0) is 13.7. The lowest BCUT2D eigenvalue weighted by Gasteiger charge is -2.08. The molecule has 7 nitrogen and oxygen atoms in total. The summed E-state index contributed by atoms with van der Waals surface area (Å²) in [6, 6.07) is 2.52. The number of nitrogens with zero attached hydrogens (tertiary/aromatic N) is 1. The number of carboxylic acids is 1. The van der Waals surface area contributed by atoms with Crippen LogP contribution in [-0.2, 0) is 4.79 Å². The summed E-state index contributed by atoms with van der Waals surface area (Å²) in [4.78, 5) is 20.7. The van der Waals surface area contributed by atoms with Gasteiger partial charge in [-0.05, 0) is 12.1 Å². The predicted molar refractivity (Wildman–Crippen MR) is 62.9 cm³/mol. The second kappa shape index (κ2) is 5.67. The van der Waals surface area contributed by atoms with Gasteiger partial charge in [0.15, 0.2) is 11.5 Å². The molecule has 0 aromatic heterocycles. The summed E-state index contributed by atoms with van der Waals surface area (Å²) in [5.74, 6) is -0.705. The van der Waals surface area contributed by atoms with Crippen LogP contribution in [0.3, 0.4) is 0 Å². The van der Waals surface area contributed by atoms with Crippen LogP contribution in [0.25, 0.3) is 6.08 Å². The molecule has 0 spiro atoms. The number of hydrogen-bond donors (Lipinski definition) is 1. The molecule has 0 atom stereocenters. The van der Waals surface area contributed by atoms with E-state index in [1.807, 2.05) is 0 Å². The Hall–Kier alpha value is -2.57. The Balaban J connectivity index is 3.37. The van der Waals surface area contributed by atoms with Crippen molar-refractivity contribution < 1.29 is 24.3 Å². The molecule has 18 heavy (non-hydrogen) atoms. The maximum Gasteiger partial charge on any atom is 0.328 e. The van der Waals surface area contributed by atoms with Crippen LogP contribution in [0.15, 0.2) is 18.2 Å². The van der Waals surface area contributed by atoms with E-state index in [0.717, 1.165) is 12.2 Å². The minimum atomic E-state index is -1.20. The Labute approximate surface area is 102 Å². The number of carbonyl (C=O) groups is 1. The number of rotatable bonds is 5. The maximum absolute atomic E-state index is 10.9. The fraction of sp³-hybridized carbons (Fsp3) is 0.182. The number of carboxylic acid groups (broad SMARTS) is 1. The molecule has 0 heterocycles. The Bertz CT molecular complexity index is 509. The van der Waals surface area contributed by atoms with Crippen molar-refractivity contribution in [1.29, 1.82) is 0 Å². The Morgan fingerprint density at radius 3 is 2.33 bits per heavy atom. The van der Waals surface area contributed by atoms with Crippen LogP contribution in [-0.4, -0.2) is 30.2 Å². The minimum absolute atomic E-state index is 0.125. The van der Waals surface area contributed by atoms with Gasteiger partial charge < -0.3 is 14.6 Å². The van der Waals surface area contributed by atoms with Crippen LogP contribution in [0.4, 0.5) is 5.69 Å². The number of methoxy groups -OCH3 is 2. The molecule has 0 aliphatic rings. The molecule has 0 radical (unpaired) electrons. The lowest BCUT2D eigenvalue weighted by Crippen LogP contribution is -1.97. The first kappa shape index (κ1) is 13.5. The molecule has 0 saturated heterocycles. The summed E-state index contributed by atoms with van der Waals surface area (Å²) in [5.41, 5.74) is -0.134. The third kappa shape index (κ3) is 2.97. The molecule has 0 aliphatic heterocycles. The summed E-state index contributed by atoms with van der Waals surface area (Å²) >= 11 is 0. The third-order valence-corrected chi connectivity index (χ3v) is 2.14. The Kier molecular flexibility index (Phi) is 4.25. The van der Waals surface area contributed by atoms with Gasteiger partial charge in [0.2, 0.25) is 0 Å². The molecule has 0 fully saturated rings. The van der Waals surface area contributed by atoms with E-state index in [9.17, 15) is 14.9 Å². The van der Waals surface area contributed by atoms with E-state index < -0.39 is 10.9 Å². The first-order chi connectivity index (χ1) is 8.49. The molecule has 0 aliphatic carbocycles. The smallest absolute Gasteiger partial charge is 0.328 e. The van der Waals surface area contributed by atoms with Gasteiger partial charge in [0.05, 0.1) is 30.8 Å². The van der Waals surface area contributed by atoms with Crippen LogP contribution < -0.4 is 9.47 Å². The van der Waals surface area contributed by atoms with Crippen LogP contribution in [0.5, 0.6) is 11.5 Å². The van der Waals surface area contributed by atoms with Gasteiger partial charge in [0, 0.05) is 6.08 Å². The summed E-state index contributed by atoms with van der Waals surface area (Å²) < 4.78 is 9.93. The van der Waals surface area contributed by atoms with Crippen molar-refractivity contribution in [2.75, 3.05) is 14.2 Å². The number of aliphatic carboxylic acids is 1. The number of nitro benzene ring substituents is 1. The monoisotopic (exact) mass is 253 g/mol. The van der Waals surface area contributed by atoms with Crippen molar-refractivity contribution in [3.8, 4) is 11.5 Å². The number of benzene rings is 1. The highest BCUT2D eigenvalue weighted by Crippen LogP contribution is 2.34. The molecule has 0 unspecified atom stereocenters. The van der Waals surface area contributed by atoms with Gasteiger partial charge in [-0.1, -0.05) is 0 Å². The van der Waals surface area contributed by atoms with E-state index in [0.29, 0.717) is 0 Å². The number of ether oxygens (including phenoxy) is 2. The molecule has 0 saturated carbocycles. The lowest BCUT2D eigenvalue weighted by atomic mass is 10.1. The molecule has 1 rings (SSSR count). The average molecular weight is 253 g/mol. The van der Waals surface area contributed by atoms with E-state index >= 15 is 0 Å². The van der Waals surface area contributed by atoms with Gasteiger partial charge >= 0.3 is 5.97 Å². The van der Waals surface area contributed by atoms with Crippen LogP contribution in [0.2, 0.25) is 0 Å². The Morgan fingerprint density at radius 2 is 1.89 bits per heavy atom. The minimum Gasteiger partial charge on any atom is -0.493 e. The predicted octanol–water partition coefficient (Wildman–Crippen LogP) is 1.71. The van der Waals surface area contributed by atoms with Gasteiger partial charge in [-0.2, -0.15) is 0 Å². The Morgan fingerprint density at radius 1 is 1.33 bits per heavy atom. The second-order valence-corrected chi connectivity index (χ2v) is 3.19. The summed E-state index contributed by atoms with van der Waals surface area (Å²) in [7, 11) is 2.74. The molecule has 1 aromatic carbocycles. The average Bonchev–Trinajstić information content (AvgIpc) is 2.34. The summed E-state index contributed by atoms with van der Waals surface area (Å²) in [6.07, 6.45) is 1.94. The fourth-order valence-corrected chi connectivity index (χ4v) is 1.34. The van der Waals surface area contributed by atoms with Crippen molar-refractivity contribution in [2.24, 2.45) is 0 Å². The highest BCUT2D eigenvalue weighted by Gasteiger charge is 2.17. The van der Waals surface area contributed by atoms with Crippen LogP contribution in [0, 0.1) is 10.1 Å². The zero-order valence-corrected chi connectivity index (χ0v) is 9.75. The fourth-order valence-electron chi connectivity index (χ4n) is 1.34. The van der Waals surface area contributed by atoms with Crippen molar-refractivity contribution in [1.82, 2.24) is 0 Å². The highest BCUT2D eigenvalue weighted by molar-refractivity contribution is 5.86. The maximum atomic E-state index is 10.9. The molecule has 0 amide bonds. The molecule has 96 valence electrons. The standard InChI is InChI=1S/C11H11NO6/c1-17-9-5-7(3-4-11(13)14)8(12(15)16)6-10(9)18-2/h3-6H,1-2H3,(H,13,14)/b4-3-. The van der Waals surface area contributed by atoms with Gasteiger partial charge in [-0.25, -0.2) is 4.79 Å². The summed E-state index contributed by atoms with van der Waals surface area (Å²) in [6.45, 7) is 0. The van der Waals surface area contributed by atoms with Crippen molar-refractivity contribution in [2.45, 2.75) is 0 Å². The first-order valence-electron chi connectivity index (χ1n) is 4.81. The number of hydrogen-bond acceptors (Lipinski definition) is 5. The SMILES string of the molecule is COc1cc(/C=C\C(=O)O)c([N+](=O)[O-])cc1OC. The normalized spacial score (nSPS) is 10.3. The quantitative estimate of drug-likeness (QED) is 0.487. The largest absolute Gasteiger partial charge is 0.493 e. The molecule has 7 heteroatoms. The van der Waals surface area contributed by atoms with Gasteiger partial charge in [-0.15, -0.1) is 0 Å². The van der Waals surface area contributed by atoms with E-state index in [1.165, 1.54) is 26.4 Å². The second-order valence-electron chi connectivity index (χ2n) is 3.19. The van der Waals surface area contributed by atoms with E-state index in [-0.39, 0.29) is 22.7 Å². The first-order valence-corrected chi connectivity index (χ1v) is 4.81. The van der Waals surface area contributed by atoms with Crippen LogP contribution in [0.1, 0.15) is 5.56 Å². The lowest BCUT2D eigenvalue weighted by molar-refractivity contribution is -0.385. The zero-order valence-electron chi connectivity index (χ0n) is 9.75. The van der Waals surface area contributed by atoms with Crippen LogP contribution >= 0.6 is 0 Å². The van der Waals surface area contributed by atoms with E-state index in [2.05, 4.69) is 0 Å². The summed E-state index contributed by atoms with van der Waals surface area (Å²) in [5, 5.41) is 19.4. The molecule has 1 aromatic rings. The van der Waals surface area contributed by atoms with Gasteiger partial charge in [-0.3, -0.25) is 10.1 Å². The topological polar surface area (TPSA) is 98.9 Å². The molecular weight excluding hydrogens is 242 g/mol. The van der Waals surface area contributed by atoms with Crippen molar-refractivity contribution in [3.63, 3.8) is 0 Å².